The van der Waals surface area contributed by atoms with Crippen LogP contribution in [0.5, 0.6) is 0 Å². The summed E-state index contributed by atoms with van der Waals surface area (Å²) < 4.78 is 1.73. The highest BCUT2D eigenvalue weighted by molar-refractivity contribution is 5.93. The molecule has 1 aromatic carbocycles. The molecular weight excluding hydrogens is 310 g/mol. The summed E-state index contributed by atoms with van der Waals surface area (Å²) in [5.41, 5.74) is 0.731. The van der Waals surface area contributed by atoms with Crippen molar-refractivity contribution in [1.82, 2.24) is 15.1 Å². The first-order valence-corrected chi connectivity index (χ1v) is 7.59. The van der Waals surface area contributed by atoms with Gasteiger partial charge >= 0.3 is 0 Å². The average molecular weight is 331 g/mol. The number of aromatic nitrogens is 2. The summed E-state index contributed by atoms with van der Waals surface area (Å²) in [6.07, 6.45) is 3.22. The minimum absolute atomic E-state index is 0.00952. The predicted octanol–water partition coefficient (Wildman–Crippen LogP) is 2.39. The highest BCUT2D eigenvalue weighted by Gasteiger charge is 2.16. The fourth-order valence-corrected chi connectivity index (χ4v) is 2.06. The van der Waals surface area contributed by atoms with Crippen LogP contribution in [0.2, 0.25) is 0 Å². The maximum absolute atomic E-state index is 12.1. The lowest BCUT2D eigenvalue weighted by molar-refractivity contribution is -0.384. The van der Waals surface area contributed by atoms with Crippen LogP contribution in [0.25, 0.3) is 0 Å². The van der Waals surface area contributed by atoms with Crippen LogP contribution < -0.4 is 10.6 Å². The molecule has 0 aliphatic heterocycles. The van der Waals surface area contributed by atoms with E-state index in [4.69, 9.17) is 0 Å². The van der Waals surface area contributed by atoms with E-state index in [1.807, 2.05) is 20.8 Å². The van der Waals surface area contributed by atoms with E-state index in [2.05, 4.69) is 15.7 Å². The van der Waals surface area contributed by atoms with Crippen molar-refractivity contribution in [3.05, 3.63) is 52.3 Å². The zero-order valence-electron chi connectivity index (χ0n) is 13.9. The largest absolute Gasteiger partial charge is 0.378 e. The molecule has 0 unspecified atom stereocenters. The van der Waals surface area contributed by atoms with Crippen LogP contribution in [0.1, 0.15) is 31.1 Å². The molecule has 1 heterocycles. The van der Waals surface area contributed by atoms with E-state index in [0.29, 0.717) is 24.3 Å². The van der Waals surface area contributed by atoms with Crippen LogP contribution in [0.15, 0.2) is 36.7 Å². The van der Waals surface area contributed by atoms with Crippen molar-refractivity contribution in [3.63, 3.8) is 0 Å². The number of nitro benzene ring substituents is 1. The van der Waals surface area contributed by atoms with Gasteiger partial charge in [-0.3, -0.25) is 19.6 Å². The number of rotatable bonds is 6. The first-order valence-electron chi connectivity index (χ1n) is 7.59. The maximum atomic E-state index is 12.1. The molecule has 0 fully saturated rings. The van der Waals surface area contributed by atoms with Crippen LogP contribution in [0, 0.1) is 10.1 Å². The Labute approximate surface area is 140 Å². The van der Waals surface area contributed by atoms with Gasteiger partial charge in [-0.05, 0) is 26.8 Å². The number of carbonyl (C=O) groups is 1. The van der Waals surface area contributed by atoms with Crippen molar-refractivity contribution in [3.8, 4) is 0 Å². The van der Waals surface area contributed by atoms with Crippen LogP contribution in [-0.4, -0.2) is 33.7 Å². The number of para-hydroxylation sites is 2. The second-order valence-electron chi connectivity index (χ2n) is 6.30. The molecule has 2 aromatic rings. The molecule has 8 heteroatoms. The smallest absolute Gasteiger partial charge is 0.292 e. The van der Waals surface area contributed by atoms with Gasteiger partial charge in [0.1, 0.15) is 5.69 Å². The molecular formula is C16H21N5O3. The van der Waals surface area contributed by atoms with Crippen molar-refractivity contribution in [2.75, 3.05) is 18.4 Å². The van der Waals surface area contributed by atoms with Gasteiger partial charge in [-0.1, -0.05) is 12.1 Å². The van der Waals surface area contributed by atoms with Crippen molar-refractivity contribution in [2.24, 2.45) is 0 Å². The Morgan fingerprint density at radius 3 is 2.62 bits per heavy atom. The summed E-state index contributed by atoms with van der Waals surface area (Å²) >= 11 is 0. The molecule has 0 atom stereocenters. The summed E-state index contributed by atoms with van der Waals surface area (Å²) in [5.74, 6) is -0.227. The summed E-state index contributed by atoms with van der Waals surface area (Å²) in [4.78, 5) is 22.5. The number of benzene rings is 1. The van der Waals surface area contributed by atoms with E-state index in [1.54, 1.807) is 29.1 Å². The topological polar surface area (TPSA) is 102 Å². The minimum Gasteiger partial charge on any atom is -0.378 e. The van der Waals surface area contributed by atoms with Crippen molar-refractivity contribution >= 4 is 17.3 Å². The zero-order chi connectivity index (χ0) is 17.7. The Bertz CT molecular complexity index is 733. The predicted molar refractivity (Wildman–Crippen MR) is 91.1 cm³/mol. The number of carbonyl (C=O) groups excluding carboxylic acids is 1. The number of nitrogens with one attached hydrogen (secondary N) is 2. The van der Waals surface area contributed by atoms with E-state index in [-0.39, 0.29) is 17.1 Å². The zero-order valence-corrected chi connectivity index (χ0v) is 13.9. The number of amides is 1. The molecule has 0 saturated carbocycles. The molecule has 0 saturated heterocycles. The number of hydrogen-bond acceptors (Lipinski definition) is 5. The molecule has 2 N–H and O–H groups in total. The van der Waals surface area contributed by atoms with E-state index >= 15 is 0 Å². The lowest BCUT2D eigenvalue weighted by Crippen LogP contribution is -2.29. The van der Waals surface area contributed by atoms with Gasteiger partial charge in [-0.25, -0.2) is 0 Å². The SMILES string of the molecule is CC(C)(C)n1cc(C(=O)NCCNc2ccccc2[N+](=O)[O-])cn1. The van der Waals surface area contributed by atoms with Gasteiger partial charge in [-0.2, -0.15) is 5.10 Å². The van der Waals surface area contributed by atoms with Crippen LogP contribution in [0.3, 0.4) is 0 Å². The Hall–Kier alpha value is -2.90. The number of nitro groups is 1. The Morgan fingerprint density at radius 2 is 2.00 bits per heavy atom. The third-order valence-electron chi connectivity index (χ3n) is 3.36. The molecule has 0 spiro atoms. The van der Waals surface area contributed by atoms with Gasteiger partial charge < -0.3 is 10.6 Å². The Balaban J connectivity index is 1.85. The molecule has 128 valence electrons. The molecule has 8 nitrogen and oxygen atoms in total. The van der Waals surface area contributed by atoms with Gasteiger partial charge in [0.05, 0.1) is 22.2 Å². The first-order chi connectivity index (χ1) is 11.3. The lowest BCUT2D eigenvalue weighted by Gasteiger charge is -2.18. The Kier molecular flexibility index (Phi) is 5.18. The fraction of sp³-hybridized carbons (Fsp3) is 0.375. The number of hydrogen-bond donors (Lipinski definition) is 2. The first kappa shape index (κ1) is 17.5. The van der Waals surface area contributed by atoms with Gasteiger partial charge in [0.2, 0.25) is 0 Å². The Morgan fingerprint density at radius 1 is 1.29 bits per heavy atom. The number of anilines is 1. The normalized spacial score (nSPS) is 11.1. The fourth-order valence-electron chi connectivity index (χ4n) is 2.06. The summed E-state index contributed by atoms with van der Waals surface area (Å²) in [5, 5.41) is 20.8. The third-order valence-corrected chi connectivity index (χ3v) is 3.36. The summed E-state index contributed by atoms with van der Waals surface area (Å²) in [6.45, 7) is 6.71. The number of nitrogens with zero attached hydrogens (tertiary/aromatic N) is 3. The van der Waals surface area contributed by atoms with Crippen molar-refractivity contribution < 1.29 is 9.72 Å². The van der Waals surface area contributed by atoms with E-state index in [0.717, 1.165) is 0 Å². The van der Waals surface area contributed by atoms with Gasteiger partial charge in [0, 0.05) is 25.4 Å². The quantitative estimate of drug-likeness (QED) is 0.481. The molecule has 1 aromatic heterocycles. The average Bonchev–Trinajstić information content (AvgIpc) is 3.02. The van der Waals surface area contributed by atoms with Crippen LogP contribution in [0.4, 0.5) is 11.4 Å². The van der Waals surface area contributed by atoms with Crippen LogP contribution in [-0.2, 0) is 5.54 Å². The summed E-state index contributed by atoms with van der Waals surface area (Å²) in [7, 11) is 0. The molecule has 1 amide bonds. The lowest BCUT2D eigenvalue weighted by atomic mass is 10.1. The van der Waals surface area contributed by atoms with Crippen LogP contribution >= 0.6 is 0 Å². The van der Waals surface area contributed by atoms with Gasteiger partial charge in [0.25, 0.3) is 11.6 Å². The van der Waals surface area contributed by atoms with E-state index in [1.165, 1.54) is 12.3 Å². The monoisotopic (exact) mass is 331 g/mol. The highest BCUT2D eigenvalue weighted by atomic mass is 16.6. The second-order valence-corrected chi connectivity index (χ2v) is 6.30. The van der Waals surface area contributed by atoms with Gasteiger partial charge in [0.15, 0.2) is 0 Å². The maximum Gasteiger partial charge on any atom is 0.292 e. The van der Waals surface area contributed by atoms with E-state index in [9.17, 15) is 14.9 Å². The third kappa shape index (κ3) is 4.31. The van der Waals surface area contributed by atoms with Crippen molar-refractivity contribution in [1.29, 1.82) is 0 Å². The minimum atomic E-state index is -0.443. The van der Waals surface area contributed by atoms with Gasteiger partial charge in [-0.15, -0.1) is 0 Å². The molecule has 0 bridgehead atoms. The second kappa shape index (κ2) is 7.12. The molecule has 24 heavy (non-hydrogen) atoms. The molecule has 0 aliphatic carbocycles. The highest BCUT2D eigenvalue weighted by Crippen LogP contribution is 2.22. The standard InChI is InChI=1S/C16H21N5O3/c1-16(2,3)20-11-12(10-19-20)15(22)18-9-8-17-13-6-4-5-7-14(13)21(23)24/h4-7,10-11,17H,8-9H2,1-3H3,(H,18,22). The molecule has 0 radical (unpaired) electrons. The summed E-state index contributed by atoms with van der Waals surface area (Å²) in [6, 6.07) is 6.39. The molecule has 2 rings (SSSR count). The van der Waals surface area contributed by atoms with E-state index < -0.39 is 4.92 Å². The molecule has 0 aliphatic rings. The van der Waals surface area contributed by atoms with Crippen molar-refractivity contribution in [2.45, 2.75) is 26.3 Å².